The van der Waals surface area contributed by atoms with Crippen LogP contribution >= 0.6 is 0 Å². The molecular weight excluding hydrogens is 198 g/mol. The Labute approximate surface area is 93.7 Å². The predicted octanol–water partition coefficient (Wildman–Crippen LogP) is 3.11. The standard InChI is InChI=1S/C13H19NSi/c1-10-8-12(6-7-15(3,4)5)13(14)9-11(10)2/h8-9H,14H2,1-5H3. The minimum absolute atomic E-state index is 0.795. The summed E-state index contributed by atoms with van der Waals surface area (Å²) in [5.74, 6) is 3.21. The summed E-state index contributed by atoms with van der Waals surface area (Å²) in [6.45, 7) is 10.9. The minimum Gasteiger partial charge on any atom is -0.398 e. The van der Waals surface area contributed by atoms with E-state index in [2.05, 4.69) is 51.0 Å². The Kier molecular flexibility index (Phi) is 3.26. The SMILES string of the molecule is Cc1cc(N)c(C#C[Si](C)(C)C)cc1C. The van der Waals surface area contributed by atoms with E-state index in [1.807, 2.05) is 6.07 Å². The van der Waals surface area contributed by atoms with Crippen molar-refractivity contribution in [2.75, 3.05) is 5.73 Å². The lowest BCUT2D eigenvalue weighted by molar-refractivity contribution is 1.33. The number of anilines is 1. The lowest BCUT2D eigenvalue weighted by atomic mass is 10.0. The van der Waals surface area contributed by atoms with Crippen LogP contribution in [0.5, 0.6) is 0 Å². The highest BCUT2D eigenvalue weighted by Crippen LogP contribution is 2.17. The lowest BCUT2D eigenvalue weighted by Crippen LogP contribution is -2.16. The Hall–Kier alpha value is -1.20. The highest BCUT2D eigenvalue weighted by Gasteiger charge is 2.08. The quantitative estimate of drug-likeness (QED) is 0.403. The molecule has 80 valence electrons. The molecule has 0 unspecified atom stereocenters. The van der Waals surface area contributed by atoms with Gasteiger partial charge in [0.05, 0.1) is 0 Å². The summed E-state index contributed by atoms with van der Waals surface area (Å²) in [7, 11) is -1.31. The average molecular weight is 217 g/mol. The van der Waals surface area contributed by atoms with Crippen LogP contribution in [0.2, 0.25) is 19.6 Å². The van der Waals surface area contributed by atoms with Gasteiger partial charge in [0.2, 0.25) is 0 Å². The van der Waals surface area contributed by atoms with Crippen molar-refractivity contribution >= 4 is 13.8 Å². The molecule has 0 spiro atoms. The molecule has 0 aromatic heterocycles. The highest BCUT2D eigenvalue weighted by atomic mass is 28.3. The third-order valence-corrected chi connectivity index (χ3v) is 3.11. The van der Waals surface area contributed by atoms with Gasteiger partial charge < -0.3 is 5.73 Å². The molecule has 2 N–H and O–H groups in total. The Morgan fingerprint density at radius 3 is 2.13 bits per heavy atom. The van der Waals surface area contributed by atoms with E-state index in [4.69, 9.17) is 5.73 Å². The molecule has 0 amide bonds. The molecule has 0 aliphatic carbocycles. The zero-order valence-corrected chi connectivity index (χ0v) is 11.2. The van der Waals surface area contributed by atoms with Gasteiger partial charge in [0.1, 0.15) is 8.07 Å². The summed E-state index contributed by atoms with van der Waals surface area (Å²) in [5, 5.41) is 0. The van der Waals surface area contributed by atoms with E-state index in [9.17, 15) is 0 Å². The number of rotatable bonds is 0. The number of nitrogens with two attached hydrogens (primary N) is 1. The van der Waals surface area contributed by atoms with Gasteiger partial charge in [0.15, 0.2) is 0 Å². The number of benzene rings is 1. The molecule has 0 atom stereocenters. The highest BCUT2D eigenvalue weighted by molar-refractivity contribution is 6.83. The van der Waals surface area contributed by atoms with Crippen LogP contribution in [-0.4, -0.2) is 8.07 Å². The molecule has 0 radical (unpaired) electrons. The van der Waals surface area contributed by atoms with Gasteiger partial charge in [-0.05, 0) is 37.1 Å². The summed E-state index contributed by atoms with van der Waals surface area (Å²) in [4.78, 5) is 0. The predicted molar refractivity (Wildman–Crippen MR) is 70.6 cm³/mol. The number of hydrogen-bond donors (Lipinski definition) is 1. The molecule has 0 bridgehead atoms. The zero-order valence-electron chi connectivity index (χ0n) is 10.2. The maximum absolute atomic E-state index is 5.93. The van der Waals surface area contributed by atoms with Crippen LogP contribution in [0.1, 0.15) is 16.7 Å². The Bertz CT molecular complexity index is 430. The largest absolute Gasteiger partial charge is 0.398 e. The second-order valence-corrected chi connectivity index (χ2v) is 9.77. The molecular formula is C13H19NSi. The van der Waals surface area contributed by atoms with E-state index in [0.717, 1.165) is 11.3 Å². The van der Waals surface area contributed by atoms with E-state index in [1.54, 1.807) is 0 Å². The third-order valence-electron chi connectivity index (χ3n) is 2.24. The number of nitrogen functional groups attached to an aromatic ring is 1. The van der Waals surface area contributed by atoms with Crippen LogP contribution in [0.3, 0.4) is 0 Å². The van der Waals surface area contributed by atoms with Crippen LogP contribution in [0, 0.1) is 25.3 Å². The Balaban J connectivity index is 3.15. The van der Waals surface area contributed by atoms with Crippen molar-refractivity contribution < 1.29 is 0 Å². The van der Waals surface area contributed by atoms with E-state index >= 15 is 0 Å². The van der Waals surface area contributed by atoms with Gasteiger partial charge in [-0.3, -0.25) is 0 Å². The summed E-state index contributed by atoms with van der Waals surface area (Å²) in [6.07, 6.45) is 0. The molecule has 0 saturated heterocycles. The van der Waals surface area contributed by atoms with Crippen LogP contribution in [0.15, 0.2) is 12.1 Å². The molecule has 0 heterocycles. The Morgan fingerprint density at radius 2 is 1.60 bits per heavy atom. The zero-order chi connectivity index (χ0) is 11.6. The monoisotopic (exact) mass is 217 g/mol. The maximum atomic E-state index is 5.93. The summed E-state index contributed by atoms with van der Waals surface area (Å²) in [6, 6.07) is 4.08. The molecule has 0 aliphatic rings. The van der Waals surface area contributed by atoms with Crippen LogP contribution in [0.4, 0.5) is 5.69 Å². The lowest BCUT2D eigenvalue weighted by Gasteiger charge is -2.06. The first-order valence-electron chi connectivity index (χ1n) is 5.19. The van der Waals surface area contributed by atoms with Crippen LogP contribution in [0.25, 0.3) is 0 Å². The molecule has 1 aromatic carbocycles. The molecule has 0 fully saturated rings. The van der Waals surface area contributed by atoms with Crippen molar-refractivity contribution in [1.29, 1.82) is 0 Å². The van der Waals surface area contributed by atoms with Crippen molar-refractivity contribution in [3.63, 3.8) is 0 Å². The van der Waals surface area contributed by atoms with Gasteiger partial charge in [-0.25, -0.2) is 0 Å². The molecule has 0 saturated carbocycles. The van der Waals surface area contributed by atoms with Crippen LogP contribution in [-0.2, 0) is 0 Å². The normalized spacial score (nSPS) is 10.7. The molecule has 0 aliphatic heterocycles. The minimum atomic E-state index is -1.31. The second-order valence-electron chi connectivity index (χ2n) is 5.02. The van der Waals surface area contributed by atoms with Crippen molar-refractivity contribution in [1.82, 2.24) is 0 Å². The van der Waals surface area contributed by atoms with Crippen molar-refractivity contribution in [3.05, 3.63) is 28.8 Å². The fraction of sp³-hybridized carbons (Fsp3) is 0.385. The van der Waals surface area contributed by atoms with E-state index < -0.39 is 8.07 Å². The average Bonchev–Trinajstić information content (AvgIpc) is 2.07. The van der Waals surface area contributed by atoms with E-state index in [1.165, 1.54) is 11.1 Å². The van der Waals surface area contributed by atoms with Crippen molar-refractivity contribution in [2.45, 2.75) is 33.5 Å². The molecule has 1 rings (SSSR count). The van der Waals surface area contributed by atoms with Crippen LogP contribution < -0.4 is 5.73 Å². The topological polar surface area (TPSA) is 26.0 Å². The molecule has 2 heteroatoms. The van der Waals surface area contributed by atoms with E-state index in [-0.39, 0.29) is 0 Å². The molecule has 1 aromatic rings. The maximum Gasteiger partial charge on any atom is 0.129 e. The first-order valence-corrected chi connectivity index (χ1v) is 8.69. The van der Waals surface area contributed by atoms with Gasteiger partial charge in [-0.2, -0.15) is 0 Å². The van der Waals surface area contributed by atoms with Gasteiger partial charge in [-0.1, -0.05) is 25.6 Å². The fourth-order valence-electron chi connectivity index (χ4n) is 1.20. The number of hydrogen-bond acceptors (Lipinski definition) is 1. The van der Waals surface area contributed by atoms with Gasteiger partial charge in [0.25, 0.3) is 0 Å². The second kappa shape index (κ2) is 4.12. The molecule has 15 heavy (non-hydrogen) atoms. The first kappa shape index (κ1) is 11.9. The van der Waals surface area contributed by atoms with Gasteiger partial charge in [0, 0.05) is 11.3 Å². The van der Waals surface area contributed by atoms with Crippen molar-refractivity contribution in [2.24, 2.45) is 0 Å². The van der Waals surface area contributed by atoms with Crippen molar-refractivity contribution in [3.8, 4) is 11.5 Å². The first-order chi connectivity index (χ1) is 6.79. The van der Waals surface area contributed by atoms with Gasteiger partial charge in [-0.15, -0.1) is 5.54 Å². The smallest absolute Gasteiger partial charge is 0.129 e. The fourth-order valence-corrected chi connectivity index (χ4v) is 1.71. The Morgan fingerprint density at radius 1 is 1.07 bits per heavy atom. The third kappa shape index (κ3) is 3.45. The number of aryl methyl sites for hydroxylation is 2. The summed E-state index contributed by atoms with van der Waals surface area (Å²) >= 11 is 0. The van der Waals surface area contributed by atoms with E-state index in [0.29, 0.717) is 0 Å². The van der Waals surface area contributed by atoms with Gasteiger partial charge >= 0.3 is 0 Å². The summed E-state index contributed by atoms with van der Waals surface area (Å²) < 4.78 is 0. The summed E-state index contributed by atoms with van der Waals surface area (Å²) in [5.41, 5.74) is 13.5. The molecule has 1 nitrogen and oxygen atoms in total.